The number of carbonyl (C=O) groups is 1. The first-order valence-corrected chi connectivity index (χ1v) is 2.85. The van der Waals surface area contributed by atoms with Crippen molar-refractivity contribution in [2.75, 3.05) is 0 Å². The monoisotopic (exact) mass is 188 g/mol. The summed E-state index contributed by atoms with van der Waals surface area (Å²) in [5, 5.41) is 0. The smallest absolute Gasteiger partial charge is 0.433 e. The molecular formula is C5H4ClF3O2. The second-order valence-corrected chi connectivity index (χ2v) is 1.90. The van der Waals surface area contributed by atoms with E-state index in [2.05, 4.69) is 22.9 Å². The highest BCUT2D eigenvalue weighted by molar-refractivity contribution is 6.20. The van der Waals surface area contributed by atoms with Crippen LogP contribution in [-0.4, -0.2) is 17.7 Å². The fraction of sp³-hybridized carbons (Fsp3) is 0.400. The van der Waals surface area contributed by atoms with Gasteiger partial charge in [0.1, 0.15) is 0 Å². The number of hydrogen-bond acceptors (Lipinski definition) is 2. The summed E-state index contributed by atoms with van der Waals surface area (Å²) in [5.41, 5.74) is -2.60. The van der Waals surface area contributed by atoms with E-state index in [4.69, 9.17) is 0 Å². The van der Waals surface area contributed by atoms with Crippen LogP contribution in [0.5, 0.6) is 0 Å². The van der Waals surface area contributed by atoms with Crippen molar-refractivity contribution in [1.82, 2.24) is 0 Å². The fourth-order valence-electron chi connectivity index (χ4n) is 0.217. The van der Waals surface area contributed by atoms with Crippen LogP contribution in [-0.2, 0) is 9.53 Å². The van der Waals surface area contributed by atoms with E-state index < -0.39 is 17.7 Å². The van der Waals surface area contributed by atoms with E-state index in [1.54, 1.807) is 0 Å². The predicted molar refractivity (Wildman–Crippen MR) is 32.0 cm³/mol. The highest BCUT2D eigenvalue weighted by Crippen LogP contribution is 2.25. The second-order valence-electron chi connectivity index (χ2n) is 1.50. The Bertz CT molecular complexity index is 166. The first kappa shape index (κ1) is 10.3. The topological polar surface area (TPSA) is 26.3 Å². The average molecular weight is 189 g/mol. The van der Waals surface area contributed by atoms with Crippen LogP contribution in [0.15, 0.2) is 12.7 Å². The minimum Gasteiger partial charge on any atom is -0.433 e. The van der Waals surface area contributed by atoms with Gasteiger partial charge < -0.3 is 4.74 Å². The van der Waals surface area contributed by atoms with Crippen molar-refractivity contribution in [3.8, 4) is 0 Å². The summed E-state index contributed by atoms with van der Waals surface area (Å²) in [7, 11) is 0. The molecule has 6 heteroatoms. The molecule has 0 aliphatic heterocycles. The molecule has 1 atom stereocenters. The number of ether oxygens (including phenoxy) is 1. The maximum Gasteiger partial charge on any atom is 0.440 e. The fourth-order valence-corrected chi connectivity index (χ4v) is 0.305. The third-order valence-corrected chi connectivity index (χ3v) is 0.980. The zero-order valence-corrected chi connectivity index (χ0v) is 5.95. The SMILES string of the molecule is C=CC(=O)OC(Cl)C(F)(F)F. The lowest BCUT2D eigenvalue weighted by atomic mass is 10.6. The van der Waals surface area contributed by atoms with Gasteiger partial charge in [0, 0.05) is 6.08 Å². The summed E-state index contributed by atoms with van der Waals surface area (Å²) in [4.78, 5) is 10.1. The van der Waals surface area contributed by atoms with Crippen molar-refractivity contribution in [3.05, 3.63) is 12.7 Å². The second kappa shape index (κ2) is 3.61. The van der Waals surface area contributed by atoms with Gasteiger partial charge in [-0.15, -0.1) is 0 Å². The molecule has 0 fully saturated rings. The Morgan fingerprint density at radius 1 is 1.64 bits per heavy atom. The average Bonchev–Trinajstić information content (AvgIpc) is 1.85. The molecule has 0 radical (unpaired) electrons. The Morgan fingerprint density at radius 3 is 2.36 bits per heavy atom. The normalized spacial score (nSPS) is 13.8. The molecule has 0 aliphatic carbocycles. The van der Waals surface area contributed by atoms with Gasteiger partial charge in [0.05, 0.1) is 0 Å². The highest BCUT2D eigenvalue weighted by atomic mass is 35.5. The summed E-state index contributed by atoms with van der Waals surface area (Å²) in [6.07, 6.45) is -4.14. The lowest BCUT2D eigenvalue weighted by molar-refractivity contribution is -0.195. The van der Waals surface area contributed by atoms with E-state index in [9.17, 15) is 18.0 Å². The summed E-state index contributed by atoms with van der Waals surface area (Å²) in [6.45, 7) is 2.90. The Hall–Kier alpha value is -0.710. The molecule has 0 aromatic rings. The van der Waals surface area contributed by atoms with E-state index in [0.29, 0.717) is 6.08 Å². The summed E-state index contributed by atoms with van der Waals surface area (Å²) >= 11 is 4.61. The minimum absolute atomic E-state index is 0.598. The van der Waals surface area contributed by atoms with Crippen molar-refractivity contribution in [2.24, 2.45) is 0 Å². The van der Waals surface area contributed by atoms with E-state index in [0.717, 1.165) is 0 Å². The van der Waals surface area contributed by atoms with Crippen LogP contribution in [0.1, 0.15) is 0 Å². The van der Waals surface area contributed by atoms with E-state index >= 15 is 0 Å². The van der Waals surface area contributed by atoms with Crippen LogP contribution >= 0.6 is 11.6 Å². The molecule has 1 unspecified atom stereocenters. The van der Waals surface area contributed by atoms with Crippen LogP contribution in [0.25, 0.3) is 0 Å². The lowest BCUT2D eigenvalue weighted by Crippen LogP contribution is -2.28. The zero-order chi connectivity index (χ0) is 9.07. The van der Waals surface area contributed by atoms with Gasteiger partial charge in [-0.1, -0.05) is 18.2 Å². The highest BCUT2D eigenvalue weighted by Gasteiger charge is 2.41. The first-order chi connectivity index (χ1) is 4.88. The molecule has 0 aromatic carbocycles. The van der Waals surface area contributed by atoms with Crippen LogP contribution in [0.3, 0.4) is 0 Å². The number of rotatable bonds is 2. The number of halogens is 4. The lowest BCUT2D eigenvalue weighted by Gasteiger charge is -2.12. The molecule has 0 aliphatic rings. The van der Waals surface area contributed by atoms with Gasteiger partial charge in [-0.25, -0.2) is 4.79 Å². The molecule has 11 heavy (non-hydrogen) atoms. The maximum atomic E-state index is 11.5. The molecule has 0 spiro atoms. The van der Waals surface area contributed by atoms with E-state index in [1.807, 2.05) is 0 Å². The van der Waals surface area contributed by atoms with Crippen molar-refractivity contribution in [1.29, 1.82) is 0 Å². The largest absolute Gasteiger partial charge is 0.440 e. The Balaban J connectivity index is 3.97. The van der Waals surface area contributed by atoms with Crippen molar-refractivity contribution < 1.29 is 22.7 Å². The zero-order valence-electron chi connectivity index (χ0n) is 5.19. The number of carbonyl (C=O) groups excluding carboxylic acids is 1. The third kappa shape index (κ3) is 3.87. The molecular weight excluding hydrogens is 184 g/mol. The quantitative estimate of drug-likeness (QED) is 0.376. The molecule has 0 amide bonds. The summed E-state index contributed by atoms with van der Waals surface area (Å²) in [6, 6.07) is 0. The van der Waals surface area contributed by atoms with Gasteiger partial charge in [-0.05, 0) is 0 Å². The van der Waals surface area contributed by atoms with Crippen LogP contribution in [0, 0.1) is 0 Å². The van der Waals surface area contributed by atoms with Gasteiger partial charge in [0.2, 0.25) is 0 Å². The molecule has 0 rings (SSSR count). The number of hydrogen-bond donors (Lipinski definition) is 0. The van der Waals surface area contributed by atoms with E-state index in [-0.39, 0.29) is 0 Å². The Morgan fingerprint density at radius 2 is 2.09 bits per heavy atom. The van der Waals surface area contributed by atoms with Crippen molar-refractivity contribution in [2.45, 2.75) is 11.7 Å². The Labute approximate surface area is 65.6 Å². The van der Waals surface area contributed by atoms with Crippen LogP contribution < -0.4 is 0 Å². The van der Waals surface area contributed by atoms with Gasteiger partial charge in [0.25, 0.3) is 5.56 Å². The van der Waals surface area contributed by atoms with Gasteiger partial charge in [0.15, 0.2) is 0 Å². The molecule has 0 heterocycles. The summed E-state index contributed by atoms with van der Waals surface area (Å²) < 4.78 is 38.2. The molecule has 0 N–H and O–H groups in total. The maximum absolute atomic E-state index is 11.5. The third-order valence-electron chi connectivity index (χ3n) is 0.644. The number of esters is 1. The molecule has 0 aromatic heterocycles. The van der Waals surface area contributed by atoms with Crippen molar-refractivity contribution in [3.63, 3.8) is 0 Å². The molecule has 0 saturated carbocycles. The molecule has 64 valence electrons. The minimum atomic E-state index is -4.74. The molecule has 2 nitrogen and oxygen atoms in total. The number of alkyl halides is 4. The molecule has 0 saturated heterocycles. The van der Waals surface area contributed by atoms with Gasteiger partial charge in [-0.2, -0.15) is 13.2 Å². The Kier molecular flexibility index (Phi) is 3.38. The van der Waals surface area contributed by atoms with Gasteiger partial charge in [-0.3, -0.25) is 0 Å². The van der Waals surface area contributed by atoms with Gasteiger partial charge >= 0.3 is 12.1 Å². The standard InChI is InChI=1S/C5H4ClF3O2/c1-2-3(10)11-4(6)5(7,8)9/h2,4H,1H2. The molecule has 0 bridgehead atoms. The summed E-state index contributed by atoms with van der Waals surface area (Å²) in [5.74, 6) is -1.21. The first-order valence-electron chi connectivity index (χ1n) is 2.41. The van der Waals surface area contributed by atoms with E-state index in [1.165, 1.54) is 0 Å². The van der Waals surface area contributed by atoms with Crippen LogP contribution in [0.2, 0.25) is 0 Å². The van der Waals surface area contributed by atoms with Crippen molar-refractivity contribution >= 4 is 17.6 Å². The predicted octanol–water partition coefficient (Wildman–Crippen LogP) is 1.84. The van der Waals surface area contributed by atoms with Crippen LogP contribution in [0.4, 0.5) is 13.2 Å².